The summed E-state index contributed by atoms with van der Waals surface area (Å²) in [4.78, 5) is 14.1. The molecule has 2 unspecified atom stereocenters. The van der Waals surface area contributed by atoms with Crippen molar-refractivity contribution < 1.29 is 18.7 Å². The van der Waals surface area contributed by atoms with Gasteiger partial charge >= 0.3 is 6.03 Å². The van der Waals surface area contributed by atoms with Gasteiger partial charge in [0, 0.05) is 26.2 Å². The number of hydrogen-bond donors (Lipinski definition) is 2. The van der Waals surface area contributed by atoms with Gasteiger partial charge in [0.25, 0.3) is 0 Å². The van der Waals surface area contributed by atoms with Crippen LogP contribution in [0.5, 0.6) is 5.75 Å². The molecule has 7 heteroatoms. The first-order chi connectivity index (χ1) is 14.4. The number of nitrogens with one attached hydrogen (secondary N) is 2. The second kappa shape index (κ2) is 10.3. The first-order valence-electron chi connectivity index (χ1n) is 10.4. The van der Waals surface area contributed by atoms with E-state index < -0.39 is 0 Å². The van der Waals surface area contributed by atoms with Gasteiger partial charge in [-0.15, -0.1) is 0 Å². The molecule has 0 aromatic heterocycles. The number of morpholine rings is 1. The van der Waals surface area contributed by atoms with Gasteiger partial charge in [0.15, 0.2) is 0 Å². The highest BCUT2D eigenvalue weighted by molar-refractivity contribution is 5.73. The molecule has 1 heterocycles. The lowest BCUT2D eigenvalue weighted by Gasteiger charge is -2.37. The summed E-state index contributed by atoms with van der Waals surface area (Å²) in [7, 11) is 0. The third kappa shape index (κ3) is 6.10. The molecule has 0 radical (unpaired) electrons. The van der Waals surface area contributed by atoms with E-state index in [1.165, 1.54) is 6.07 Å². The Balaban J connectivity index is 1.50. The molecule has 1 saturated heterocycles. The summed E-state index contributed by atoms with van der Waals surface area (Å²) < 4.78 is 25.8. The van der Waals surface area contributed by atoms with Crippen LogP contribution in [0.3, 0.4) is 0 Å². The van der Waals surface area contributed by atoms with Crippen LogP contribution in [0.1, 0.15) is 31.9 Å². The minimum atomic E-state index is -0.308. The van der Waals surface area contributed by atoms with Gasteiger partial charge in [-0.3, -0.25) is 0 Å². The highest BCUT2D eigenvalue weighted by atomic mass is 19.1. The lowest BCUT2D eigenvalue weighted by atomic mass is 10.1. The van der Waals surface area contributed by atoms with Crippen molar-refractivity contribution in [2.24, 2.45) is 0 Å². The number of carbonyl (C=O) groups excluding carboxylic acids is 1. The van der Waals surface area contributed by atoms with Gasteiger partial charge in [0.05, 0.1) is 24.5 Å². The first-order valence-corrected chi connectivity index (χ1v) is 10.4. The fourth-order valence-electron chi connectivity index (χ4n) is 3.63. The van der Waals surface area contributed by atoms with Crippen molar-refractivity contribution in [1.82, 2.24) is 10.6 Å². The van der Waals surface area contributed by atoms with Crippen molar-refractivity contribution in [3.05, 3.63) is 59.4 Å². The molecule has 162 valence electrons. The molecule has 2 aromatic rings. The maximum absolute atomic E-state index is 14.7. The molecule has 2 atom stereocenters. The molecule has 0 saturated carbocycles. The van der Waals surface area contributed by atoms with E-state index in [0.717, 1.165) is 11.3 Å². The maximum Gasteiger partial charge on any atom is 0.315 e. The largest absolute Gasteiger partial charge is 0.494 e. The molecule has 30 heavy (non-hydrogen) atoms. The maximum atomic E-state index is 14.7. The van der Waals surface area contributed by atoms with E-state index in [1.54, 1.807) is 6.07 Å². The van der Waals surface area contributed by atoms with Crippen LogP contribution in [-0.2, 0) is 17.8 Å². The number of halogens is 1. The summed E-state index contributed by atoms with van der Waals surface area (Å²) in [5.74, 6) is 0.487. The van der Waals surface area contributed by atoms with Gasteiger partial charge in [0.2, 0.25) is 0 Å². The van der Waals surface area contributed by atoms with E-state index in [9.17, 15) is 9.18 Å². The van der Waals surface area contributed by atoms with Crippen LogP contribution < -0.4 is 20.3 Å². The van der Waals surface area contributed by atoms with Crippen LogP contribution in [0.2, 0.25) is 0 Å². The molecule has 1 aliphatic rings. The lowest BCUT2D eigenvalue weighted by Crippen LogP contribution is -2.45. The van der Waals surface area contributed by atoms with Gasteiger partial charge in [-0.2, -0.15) is 0 Å². The monoisotopic (exact) mass is 415 g/mol. The Bertz CT molecular complexity index is 851. The third-order valence-corrected chi connectivity index (χ3v) is 4.89. The fourth-order valence-corrected chi connectivity index (χ4v) is 3.63. The van der Waals surface area contributed by atoms with E-state index >= 15 is 0 Å². The van der Waals surface area contributed by atoms with Crippen LogP contribution in [-0.4, -0.2) is 37.9 Å². The molecule has 2 N–H and O–H groups in total. The van der Waals surface area contributed by atoms with E-state index in [1.807, 2.05) is 56.0 Å². The van der Waals surface area contributed by atoms with Crippen LogP contribution in [0.15, 0.2) is 42.5 Å². The topological polar surface area (TPSA) is 62.8 Å². The molecule has 2 aromatic carbocycles. The summed E-state index contributed by atoms with van der Waals surface area (Å²) in [5, 5.41) is 5.57. The zero-order valence-electron chi connectivity index (χ0n) is 17.8. The van der Waals surface area contributed by atoms with Crippen molar-refractivity contribution in [2.45, 2.75) is 46.1 Å². The van der Waals surface area contributed by atoms with Crippen LogP contribution in [0.4, 0.5) is 14.9 Å². The van der Waals surface area contributed by atoms with Crippen molar-refractivity contribution in [1.29, 1.82) is 0 Å². The Hall–Kier alpha value is -2.80. The second-order valence-corrected chi connectivity index (χ2v) is 7.56. The van der Waals surface area contributed by atoms with Crippen LogP contribution >= 0.6 is 0 Å². The smallest absolute Gasteiger partial charge is 0.315 e. The zero-order chi connectivity index (χ0) is 21.5. The molecular formula is C23H30FN3O3. The first kappa shape index (κ1) is 21.9. The van der Waals surface area contributed by atoms with Crippen molar-refractivity contribution >= 4 is 11.7 Å². The molecule has 0 spiro atoms. The minimum Gasteiger partial charge on any atom is -0.494 e. The Morgan fingerprint density at radius 1 is 1.10 bits per heavy atom. The average molecular weight is 416 g/mol. The normalized spacial score (nSPS) is 18.7. The molecule has 0 bridgehead atoms. The number of rotatable bonds is 7. The van der Waals surface area contributed by atoms with E-state index in [4.69, 9.17) is 9.47 Å². The number of urea groups is 1. The van der Waals surface area contributed by atoms with Gasteiger partial charge in [-0.25, -0.2) is 9.18 Å². The molecule has 6 nitrogen and oxygen atoms in total. The van der Waals surface area contributed by atoms with Gasteiger partial charge < -0.3 is 25.0 Å². The third-order valence-electron chi connectivity index (χ3n) is 4.89. The summed E-state index contributed by atoms with van der Waals surface area (Å²) >= 11 is 0. The number of benzene rings is 2. The van der Waals surface area contributed by atoms with E-state index in [2.05, 4.69) is 10.6 Å². The molecule has 0 aliphatic carbocycles. The standard InChI is InChI=1S/C23H30FN3O3/c1-4-29-20-7-5-6-18(10-20)12-25-23(28)26-13-19-8-9-22(21(24)11-19)27-14-16(2)30-17(3)15-27/h5-11,16-17H,4,12-15H2,1-3H3,(H2,25,26,28). The van der Waals surface area contributed by atoms with Crippen molar-refractivity contribution in [2.75, 3.05) is 24.6 Å². The summed E-state index contributed by atoms with van der Waals surface area (Å²) in [6, 6.07) is 12.4. The quantitative estimate of drug-likeness (QED) is 0.721. The number of anilines is 1. The summed E-state index contributed by atoms with van der Waals surface area (Å²) in [5.41, 5.74) is 2.22. The highest BCUT2D eigenvalue weighted by Gasteiger charge is 2.24. The Kier molecular flexibility index (Phi) is 7.52. The number of carbonyl (C=O) groups is 1. The van der Waals surface area contributed by atoms with Crippen molar-refractivity contribution in [3.8, 4) is 5.75 Å². The molecule has 3 rings (SSSR count). The fraction of sp³-hybridized carbons (Fsp3) is 0.435. The van der Waals surface area contributed by atoms with Gasteiger partial charge in [-0.1, -0.05) is 18.2 Å². The zero-order valence-corrected chi connectivity index (χ0v) is 17.8. The summed E-state index contributed by atoms with van der Waals surface area (Å²) in [6.07, 6.45) is 0.125. The molecule has 1 fully saturated rings. The number of ether oxygens (including phenoxy) is 2. The summed E-state index contributed by atoms with van der Waals surface area (Å²) in [6.45, 7) is 8.45. The Morgan fingerprint density at radius 2 is 1.77 bits per heavy atom. The lowest BCUT2D eigenvalue weighted by molar-refractivity contribution is -0.00539. The molecule has 2 amide bonds. The SMILES string of the molecule is CCOc1cccc(CNC(=O)NCc2ccc(N3CC(C)OC(C)C3)c(F)c2)c1. The predicted octanol–water partition coefficient (Wildman–Crippen LogP) is 3.84. The molecular weight excluding hydrogens is 385 g/mol. The highest BCUT2D eigenvalue weighted by Crippen LogP contribution is 2.24. The van der Waals surface area contributed by atoms with Crippen molar-refractivity contribution in [3.63, 3.8) is 0 Å². The predicted molar refractivity (Wildman–Crippen MR) is 115 cm³/mol. The Morgan fingerprint density at radius 3 is 2.40 bits per heavy atom. The number of hydrogen-bond acceptors (Lipinski definition) is 4. The average Bonchev–Trinajstić information content (AvgIpc) is 2.70. The van der Waals surface area contributed by atoms with E-state index in [0.29, 0.717) is 37.5 Å². The number of nitrogens with zero attached hydrogens (tertiary/aromatic N) is 1. The Labute approximate surface area is 177 Å². The number of amides is 2. The van der Waals surface area contributed by atoms with Gasteiger partial charge in [0.1, 0.15) is 11.6 Å². The minimum absolute atomic E-state index is 0.0624. The van der Waals surface area contributed by atoms with Crippen LogP contribution in [0, 0.1) is 5.82 Å². The van der Waals surface area contributed by atoms with Crippen LogP contribution in [0.25, 0.3) is 0 Å². The second-order valence-electron chi connectivity index (χ2n) is 7.56. The molecule has 1 aliphatic heterocycles. The van der Waals surface area contributed by atoms with Gasteiger partial charge in [-0.05, 0) is 56.2 Å². The van der Waals surface area contributed by atoms with E-state index in [-0.39, 0.29) is 30.6 Å².